The lowest BCUT2D eigenvalue weighted by atomic mass is 9.97. The molecule has 11 nitrogen and oxygen atoms in total. The molecule has 174 valence electrons. The third-order valence-electron chi connectivity index (χ3n) is 4.79. The number of carbonyl (C=O) groups excluding carboxylic acids is 3. The van der Waals surface area contributed by atoms with Crippen molar-refractivity contribution in [2.24, 2.45) is 11.7 Å². The van der Waals surface area contributed by atoms with Gasteiger partial charge in [-0.05, 0) is 24.3 Å². The number of aliphatic carboxylic acids is 1. The molecule has 7 N–H and O–H groups in total. The predicted molar refractivity (Wildman–Crippen MR) is 117 cm³/mol. The summed E-state index contributed by atoms with van der Waals surface area (Å²) in [5.74, 6) is -2.42. The van der Waals surface area contributed by atoms with Gasteiger partial charge in [0, 0.05) is 18.3 Å². The molecule has 3 amide bonds. The fourth-order valence-electron chi connectivity index (χ4n) is 2.70. The van der Waals surface area contributed by atoms with Crippen LogP contribution in [0.4, 0.5) is 0 Å². The van der Waals surface area contributed by atoms with Gasteiger partial charge in [0.1, 0.15) is 12.1 Å². The molecule has 1 aromatic rings. The highest BCUT2D eigenvalue weighted by molar-refractivity contribution is 7.98. The van der Waals surface area contributed by atoms with Crippen molar-refractivity contribution in [3.05, 3.63) is 18.2 Å². The van der Waals surface area contributed by atoms with Gasteiger partial charge in [0.15, 0.2) is 0 Å². The summed E-state index contributed by atoms with van der Waals surface area (Å²) in [6.07, 6.45) is 6.00. The fraction of sp³-hybridized carbons (Fsp3) is 0.632. The molecule has 0 radical (unpaired) electrons. The molecular weight excluding hydrogens is 424 g/mol. The number of carboxylic acid groups (broad SMARTS) is 1. The van der Waals surface area contributed by atoms with Crippen LogP contribution in [0.15, 0.2) is 12.5 Å². The highest BCUT2D eigenvalue weighted by Gasteiger charge is 2.28. The van der Waals surface area contributed by atoms with Crippen LogP contribution in [0, 0.1) is 5.92 Å². The number of amides is 3. The van der Waals surface area contributed by atoms with Crippen molar-refractivity contribution in [2.45, 2.75) is 51.2 Å². The average molecular weight is 457 g/mol. The SMILES string of the molecule is CCC(C)C(NC(=O)C(N)Cc1cnc[nH]1)C(=O)NCC(=O)NC(CCSC)C(=O)O. The third kappa shape index (κ3) is 9.39. The van der Waals surface area contributed by atoms with Gasteiger partial charge in [-0.25, -0.2) is 9.78 Å². The maximum Gasteiger partial charge on any atom is 0.326 e. The minimum absolute atomic E-state index is 0.209. The molecule has 1 rings (SSSR count). The summed E-state index contributed by atoms with van der Waals surface area (Å²) < 4.78 is 0. The first-order valence-electron chi connectivity index (χ1n) is 10.0. The molecule has 0 spiro atoms. The molecule has 0 saturated carbocycles. The number of hydrogen-bond donors (Lipinski definition) is 6. The van der Waals surface area contributed by atoms with E-state index in [1.54, 1.807) is 13.1 Å². The Labute approximate surface area is 185 Å². The zero-order valence-corrected chi connectivity index (χ0v) is 18.8. The van der Waals surface area contributed by atoms with Crippen LogP contribution in [0.3, 0.4) is 0 Å². The molecule has 0 aromatic carbocycles. The van der Waals surface area contributed by atoms with Crippen molar-refractivity contribution in [3.8, 4) is 0 Å². The molecule has 1 aromatic heterocycles. The molecule has 4 unspecified atom stereocenters. The Morgan fingerprint density at radius 3 is 2.52 bits per heavy atom. The van der Waals surface area contributed by atoms with Crippen LogP contribution < -0.4 is 21.7 Å². The van der Waals surface area contributed by atoms with Gasteiger partial charge in [0.25, 0.3) is 0 Å². The highest BCUT2D eigenvalue weighted by atomic mass is 32.2. The van der Waals surface area contributed by atoms with E-state index in [2.05, 4.69) is 25.9 Å². The third-order valence-corrected chi connectivity index (χ3v) is 5.44. The number of aromatic amines is 1. The Hall–Kier alpha value is -2.60. The Morgan fingerprint density at radius 2 is 1.97 bits per heavy atom. The first-order chi connectivity index (χ1) is 14.7. The molecular formula is C19H32N6O5S. The second-order valence-electron chi connectivity index (χ2n) is 7.22. The Kier molecular flexibility index (Phi) is 11.6. The summed E-state index contributed by atoms with van der Waals surface area (Å²) >= 11 is 1.47. The van der Waals surface area contributed by atoms with Gasteiger partial charge in [-0.1, -0.05) is 20.3 Å². The van der Waals surface area contributed by atoms with E-state index in [9.17, 15) is 24.3 Å². The Morgan fingerprint density at radius 1 is 1.26 bits per heavy atom. The van der Waals surface area contributed by atoms with E-state index in [0.717, 1.165) is 0 Å². The summed E-state index contributed by atoms with van der Waals surface area (Å²) in [6, 6.07) is -2.79. The normalized spacial score (nSPS) is 14.7. The molecule has 12 heteroatoms. The molecule has 0 fully saturated rings. The summed E-state index contributed by atoms with van der Waals surface area (Å²) in [5, 5.41) is 16.7. The summed E-state index contributed by atoms with van der Waals surface area (Å²) in [7, 11) is 0. The number of nitrogens with two attached hydrogens (primary N) is 1. The molecule has 4 atom stereocenters. The first-order valence-corrected chi connectivity index (χ1v) is 11.4. The molecule has 0 aliphatic heterocycles. The zero-order valence-electron chi connectivity index (χ0n) is 18.0. The zero-order chi connectivity index (χ0) is 23.4. The molecule has 0 aliphatic rings. The van der Waals surface area contributed by atoms with Crippen molar-refractivity contribution in [1.29, 1.82) is 0 Å². The smallest absolute Gasteiger partial charge is 0.326 e. The van der Waals surface area contributed by atoms with E-state index in [-0.39, 0.29) is 18.8 Å². The van der Waals surface area contributed by atoms with Gasteiger partial charge in [0.05, 0.1) is 18.9 Å². The van der Waals surface area contributed by atoms with Crippen molar-refractivity contribution < 1.29 is 24.3 Å². The lowest BCUT2D eigenvalue weighted by Crippen LogP contribution is -2.56. The van der Waals surface area contributed by atoms with E-state index in [0.29, 0.717) is 17.9 Å². The van der Waals surface area contributed by atoms with E-state index >= 15 is 0 Å². The summed E-state index contributed by atoms with van der Waals surface area (Å²) in [4.78, 5) is 55.2. The molecule has 0 saturated heterocycles. The van der Waals surface area contributed by atoms with Crippen LogP contribution in [-0.2, 0) is 25.6 Å². The topological polar surface area (TPSA) is 179 Å². The van der Waals surface area contributed by atoms with Crippen LogP contribution in [0.5, 0.6) is 0 Å². The van der Waals surface area contributed by atoms with E-state index in [1.165, 1.54) is 18.1 Å². The number of nitrogens with one attached hydrogen (secondary N) is 4. The van der Waals surface area contributed by atoms with Crippen LogP contribution in [-0.4, -0.2) is 75.4 Å². The van der Waals surface area contributed by atoms with Crippen molar-refractivity contribution in [3.63, 3.8) is 0 Å². The lowest BCUT2D eigenvalue weighted by molar-refractivity contribution is -0.141. The van der Waals surface area contributed by atoms with Gasteiger partial charge in [-0.15, -0.1) is 0 Å². The molecule has 31 heavy (non-hydrogen) atoms. The van der Waals surface area contributed by atoms with Crippen molar-refractivity contribution >= 4 is 35.5 Å². The largest absolute Gasteiger partial charge is 0.480 e. The molecule has 0 bridgehead atoms. The first kappa shape index (κ1) is 26.4. The van der Waals surface area contributed by atoms with Crippen LogP contribution in [0.2, 0.25) is 0 Å². The number of rotatable bonds is 14. The van der Waals surface area contributed by atoms with Crippen molar-refractivity contribution in [1.82, 2.24) is 25.9 Å². The number of H-pyrrole nitrogens is 1. The maximum absolute atomic E-state index is 12.6. The number of thioether (sulfide) groups is 1. The Balaban J connectivity index is 2.63. The van der Waals surface area contributed by atoms with Gasteiger partial charge in [-0.3, -0.25) is 14.4 Å². The molecule has 1 heterocycles. The number of nitrogens with zero attached hydrogens (tertiary/aromatic N) is 1. The number of carboxylic acids is 1. The number of aromatic nitrogens is 2. The fourth-order valence-corrected chi connectivity index (χ4v) is 3.18. The van der Waals surface area contributed by atoms with Gasteiger partial charge in [0.2, 0.25) is 17.7 Å². The van der Waals surface area contributed by atoms with Crippen molar-refractivity contribution in [2.75, 3.05) is 18.6 Å². The predicted octanol–water partition coefficient (Wildman–Crippen LogP) is -0.751. The van der Waals surface area contributed by atoms with Gasteiger partial charge >= 0.3 is 5.97 Å². The standard InChI is InChI=1S/C19H32N6O5S/c1-4-11(2)16(25-17(27)13(20)7-12-8-21-10-23-12)18(28)22-9-15(26)24-14(19(29)30)5-6-31-3/h8,10-11,13-14,16H,4-7,9,20H2,1-3H3,(H,21,23)(H,22,28)(H,24,26)(H,25,27)(H,29,30). The second kappa shape index (κ2) is 13.7. The second-order valence-corrected chi connectivity index (χ2v) is 8.20. The van der Waals surface area contributed by atoms with Crippen LogP contribution in [0.1, 0.15) is 32.4 Å². The number of imidazole rings is 1. The van der Waals surface area contributed by atoms with E-state index in [1.807, 2.05) is 13.2 Å². The summed E-state index contributed by atoms with van der Waals surface area (Å²) in [5.41, 5.74) is 6.62. The minimum Gasteiger partial charge on any atom is -0.480 e. The Bertz CT molecular complexity index is 729. The average Bonchev–Trinajstić information content (AvgIpc) is 3.25. The van der Waals surface area contributed by atoms with Gasteiger partial charge < -0.3 is 31.8 Å². The monoisotopic (exact) mass is 456 g/mol. The highest BCUT2D eigenvalue weighted by Crippen LogP contribution is 2.09. The summed E-state index contributed by atoms with van der Waals surface area (Å²) in [6.45, 7) is 3.27. The van der Waals surface area contributed by atoms with Crippen LogP contribution >= 0.6 is 11.8 Å². The number of carbonyl (C=O) groups is 4. The lowest BCUT2D eigenvalue weighted by Gasteiger charge is -2.25. The quantitative estimate of drug-likeness (QED) is 0.211. The van der Waals surface area contributed by atoms with Gasteiger partial charge in [-0.2, -0.15) is 11.8 Å². The molecule has 0 aliphatic carbocycles. The van der Waals surface area contributed by atoms with E-state index in [4.69, 9.17) is 5.73 Å². The number of hydrogen-bond acceptors (Lipinski definition) is 7. The maximum atomic E-state index is 12.6. The van der Waals surface area contributed by atoms with Crippen LogP contribution in [0.25, 0.3) is 0 Å². The van der Waals surface area contributed by atoms with E-state index < -0.39 is 48.4 Å². The minimum atomic E-state index is -1.13.